The fourth-order valence-corrected chi connectivity index (χ4v) is 1.64. The largest absolute Gasteiger partial charge is 0.410 e. The van der Waals surface area contributed by atoms with Crippen molar-refractivity contribution in [2.75, 3.05) is 0 Å². The number of nitrogens with two attached hydrogens (primary N) is 1. The van der Waals surface area contributed by atoms with Crippen molar-refractivity contribution in [1.29, 1.82) is 0 Å². The van der Waals surface area contributed by atoms with Crippen molar-refractivity contribution >= 4 is 29.0 Å². The van der Waals surface area contributed by atoms with Crippen molar-refractivity contribution in [3.63, 3.8) is 0 Å². The summed E-state index contributed by atoms with van der Waals surface area (Å²) in [6, 6.07) is 0. The molecule has 3 nitrogen and oxygen atoms in total. The van der Waals surface area contributed by atoms with Crippen LogP contribution in [0, 0.1) is 6.92 Å². The quantitative estimate of drug-likeness (QED) is 0.740. The average Bonchev–Trinajstić information content (AvgIpc) is 2.18. The molecule has 1 aromatic heterocycles. The number of ether oxygens (including phenoxy) is 1. The standard InChI is InChI=1S/C6H6ClNO2S/c1-3-2-11-5(7)4(3)10-6(8)9/h2H,1H3,(H2,8,9). The van der Waals surface area contributed by atoms with Gasteiger partial charge < -0.3 is 10.5 Å². The van der Waals surface area contributed by atoms with E-state index >= 15 is 0 Å². The van der Waals surface area contributed by atoms with Gasteiger partial charge in [-0.05, 0) is 12.3 Å². The number of carbonyl (C=O) groups excluding carboxylic acids is 1. The number of hydrogen-bond donors (Lipinski definition) is 1. The normalized spacial score (nSPS) is 9.64. The Morgan fingerprint density at radius 1 is 1.82 bits per heavy atom. The average molecular weight is 192 g/mol. The summed E-state index contributed by atoms with van der Waals surface area (Å²) in [5.41, 5.74) is 5.62. The van der Waals surface area contributed by atoms with Crippen LogP contribution < -0.4 is 10.5 Å². The Morgan fingerprint density at radius 2 is 2.45 bits per heavy atom. The van der Waals surface area contributed by atoms with E-state index in [4.69, 9.17) is 17.3 Å². The highest BCUT2D eigenvalue weighted by Gasteiger charge is 2.09. The highest BCUT2D eigenvalue weighted by molar-refractivity contribution is 7.14. The van der Waals surface area contributed by atoms with Gasteiger partial charge in [-0.2, -0.15) is 0 Å². The Morgan fingerprint density at radius 3 is 2.82 bits per heavy atom. The van der Waals surface area contributed by atoms with Gasteiger partial charge in [0.15, 0.2) is 5.75 Å². The van der Waals surface area contributed by atoms with Crippen molar-refractivity contribution in [1.82, 2.24) is 0 Å². The highest BCUT2D eigenvalue weighted by atomic mass is 35.5. The van der Waals surface area contributed by atoms with Gasteiger partial charge in [-0.1, -0.05) is 11.6 Å². The van der Waals surface area contributed by atoms with E-state index in [2.05, 4.69) is 4.74 Å². The van der Waals surface area contributed by atoms with Crippen LogP contribution in [0.15, 0.2) is 5.38 Å². The molecule has 1 aromatic rings. The van der Waals surface area contributed by atoms with Crippen LogP contribution in [0.3, 0.4) is 0 Å². The lowest BCUT2D eigenvalue weighted by Crippen LogP contribution is -2.16. The number of rotatable bonds is 1. The molecule has 1 rings (SSSR count). The van der Waals surface area contributed by atoms with Crippen LogP contribution in [0.25, 0.3) is 0 Å². The summed E-state index contributed by atoms with van der Waals surface area (Å²) in [4.78, 5) is 10.3. The second-order valence-corrected chi connectivity index (χ2v) is 3.42. The minimum atomic E-state index is -0.839. The van der Waals surface area contributed by atoms with Crippen LogP contribution in [0.1, 0.15) is 5.56 Å². The summed E-state index contributed by atoms with van der Waals surface area (Å²) in [6.45, 7) is 1.79. The Bertz CT molecular complexity index is 265. The zero-order valence-corrected chi connectivity index (χ0v) is 7.33. The smallest absolute Gasteiger partial charge is 0.408 e. The summed E-state index contributed by atoms with van der Waals surface area (Å²) in [7, 11) is 0. The first-order valence-electron chi connectivity index (χ1n) is 2.82. The van der Waals surface area contributed by atoms with Gasteiger partial charge in [0.25, 0.3) is 0 Å². The van der Waals surface area contributed by atoms with Crippen LogP contribution in [-0.4, -0.2) is 6.09 Å². The summed E-state index contributed by atoms with van der Waals surface area (Å²) < 4.78 is 5.08. The molecule has 11 heavy (non-hydrogen) atoms. The topological polar surface area (TPSA) is 52.3 Å². The molecule has 0 fully saturated rings. The van der Waals surface area contributed by atoms with Crippen LogP contribution in [0.4, 0.5) is 4.79 Å². The molecule has 0 aliphatic heterocycles. The third kappa shape index (κ3) is 1.85. The molecular formula is C6H6ClNO2S. The first kappa shape index (κ1) is 8.36. The molecule has 0 aromatic carbocycles. The van der Waals surface area contributed by atoms with E-state index in [0.717, 1.165) is 5.56 Å². The van der Waals surface area contributed by atoms with Gasteiger partial charge in [-0.3, -0.25) is 0 Å². The van der Waals surface area contributed by atoms with Gasteiger partial charge in [-0.25, -0.2) is 4.79 Å². The van der Waals surface area contributed by atoms with Crippen molar-refractivity contribution in [2.45, 2.75) is 6.92 Å². The number of amides is 1. The third-order valence-electron chi connectivity index (χ3n) is 1.08. The van der Waals surface area contributed by atoms with E-state index < -0.39 is 6.09 Å². The van der Waals surface area contributed by atoms with Crippen LogP contribution in [-0.2, 0) is 0 Å². The predicted octanol–water partition coefficient (Wildman–Crippen LogP) is 2.17. The molecule has 60 valence electrons. The number of aryl methyl sites for hydroxylation is 1. The molecule has 0 radical (unpaired) electrons. The van der Waals surface area contributed by atoms with Gasteiger partial charge in [0.1, 0.15) is 4.34 Å². The molecule has 0 bridgehead atoms. The monoisotopic (exact) mass is 191 g/mol. The Hall–Kier alpha value is -0.740. The van der Waals surface area contributed by atoms with Gasteiger partial charge in [0.2, 0.25) is 0 Å². The van der Waals surface area contributed by atoms with E-state index in [1.807, 2.05) is 0 Å². The molecule has 5 heteroatoms. The Kier molecular flexibility index (Phi) is 2.36. The maximum Gasteiger partial charge on any atom is 0.410 e. The van der Waals surface area contributed by atoms with Crippen molar-refractivity contribution in [3.8, 4) is 5.75 Å². The number of primary amides is 1. The minimum absolute atomic E-state index is 0.365. The highest BCUT2D eigenvalue weighted by Crippen LogP contribution is 2.34. The van der Waals surface area contributed by atoms with Gasteiger partial charge in [0, 0.05) is 5.56 Å². The fourth-order valence-electron chi connectivity index (χ4n) is 0.623. The molecular weight excluding hydrogens is 186 g/mol. The van der Waals surface area contributed by atoms with Gasteiger partial charge >= 0.3 is 6.09 Å². The van der Waals surface area contributed by atoms with Crippen LogP contribution >= 0.6 is 22.9 Å². The molecule has 0 saturated heterocycles. The number of thiophene rings is 1. The maximum atomic E-state index is 10.3. The molecule has 1 amide bonds. The summed E-state index contributed by atoms with van der Waals surface area (Å²) in [5.74, 6) is 0.365. The summed E-state index contributed by atoms with van der Waals surface area (Å²) in [6.07, 6.45) is -0.839. The lowest BCUT2D eigenvalue weighted by molar-refractivity contribution is 0.211. The molecule has 2 N–H and O–H groups in total. The first-order valence-corrected chi connectivity index (χ1v) is 4.08. The van der Waals surface area contributed by atoms with E-state index in [9.17, 15) is 4.79 Å². The van der Waals surface area contributed by atoms with Gasteiger partial charge in [-0.15, -0.1) is 11.3 Å². The van der Waals surface area contributed by atoms with Crippen molar-refractivity contribution < 1.29 is 9.53 Å². The molecule has 0 aliphatic rings. The van der Waals surface area contributed by atoms with E-state index in [-0.39, 0.29) is 0 Å². The predicted molar refractivity (Wildman–Crippen MR) is 44.3 cm³/mol. The molecule has 0 saturated carbocycles. The van der Waals surface area contributed by atoms with E-state index in [0.29, 0.717) is 10.1 Å². The summed E-state index contributed by atoms with van der Waals surface area (Å²) in [5, 5.41) is 1.79. The summed E-state index contributed by atoms with van der Waals surface area (Å²) >= 11 is 6.98. The van der Waals surface area contributed by atoms with Crippen molar-refractivity contribution in [2.24, 2.45) is 5.73 Å². The molecule has 0 atom stereocenters. The number of carbonyl (C=O) groups is 1. The number of halogens is 1. The third-order valence-corrected chi connectivity index (χ3v) is 2.38. The lowest BCUT2D eigenvalue weighted by Gasteiger charge is -1.98. The Balaban J connectivity index is 2.92. The lowest BCUT2D eigenvalue weighted by atomic mass is 10.4. The van der Waals surface area contributed by atoms with Crippen LogP contribution in [0.5, 0.6) is 5.75 Å². The fraction of sp³-hybridized carbons (Fsp3) is 0.167. The van der Waals surface area contributed by atoms with Gasteiger partial charge in [0.05, 0.1) is 0 Å². The number of hydrogen-bond acceptors (Lipinski definition) is 3. The molecule has 0 aliphatic carbocycles. The second kappa shape index (κ2) is 3.11. The molecule has 1 heterocycles. The molecule has 0 spiro atoms. The maximum absolute atomic E-state index is 10.3. The zero-order valence-electron chi connectivity index (χ0n) is 5.76. The van der Waals surface area contributed by atoms with E-state index in [1.165, 1.54) is 11.3 Å². The first-order chi connectivity index (χ1) is 5.11. The van der Waals surface area contributed by atoms with Crippen LogP contribution in [0.2, 0.25) is 4.34 Å². The Labute approximate surface area is 72.7 Å². The molecule has 0 unspecified atom stereocenters. The van der Waals surface area contributed by atoms with Crippen molar-refractivity contribution in [3.05, 3.63) is 15.3 Å². The minimum Gasteiger partial charge on any atom is -0.408 e. The SMILES string of the molecule is Cc1csc(Cl)c1OC(N)=O. The van der Waals surface area contributed by atoms with E-state index in [1.54, 1.807) is 12.3 Å². The second-order valence-electron chi connectivity index (χ2n) is 1.94. The zero-order chi connectivity index (χ0) is 8.43.